The minimum Gasteiger partial charge on any atom is -0.476 e. The van der Waals surface area contributed by atoms with Crippen molar-refractivity contribution in [2.75, 3.05) is 0 Å². The van der Waals surface area contributed by atoms with E-state index in [2.05, 4.69) is 11.0 Å². The summed E-state index contributed by atoms with van der Waals surface area (Å²) in [5.41, 5.74) is -0.0169. The van der Waals surface area contributed by atoms with E-state index in [4.69, 9.17) is 22.8 Å². The van der Waals surface area contributed by atoms with Gasteiger partial charge in [-0.15, -0.1) is 6.42 Å². The maximum atomic E-state index is 14.2. The van der Waals surface area contributed by atoms with Gasteiger partial charge in [-0.1, -0.05) is 42.7 Å². The number of nitrogens with zero attached hydrogens (tertiary/aromatic N) is 2. The maximum absolute atomic E-state index is 14.2. The Kier molecular flexibility index (Phi) is 4.89. The second-order valence-corrected chi connectivity index (χ2v) is 6.31. The Balaban J connectivity index is 2.54. The molecule has 0 N–H and O–H groups in total. The highest BCUT2D eigenvalue weighted by atomic mass is 35.5. The first-order valence-electron chi connectivity index (χ1n) is 6.55. The Morgan fingerprint density at radius 3 is 2.68 bits per heavy atom. The molecular weight excluding hydrogens is 327 g/mol. The van der Waals surface area contributed by atoms with Gasteiger partial charge < -0.3 is 4.74 Å². The number of halogens is 2. The summed E-state index contributed by atoms with van der Waals surface area (Å²) in [7, 11) is 0. The van der Waals surface area contributed by atoms with Crippen molar-refractivity contribution in [1.29, 1.82) is 0 Å². The fourth-order valence-electron chi connectivity index (χ4n) is 1.67. The lowest BCUT2D eigenvalue weighted by Gasteiger charge is -2.12. The molecule has 0 aliphatic heterocycles. The zero-order valence-corrected chi connectivity index (χ0v) is 13.8. The third-order valence-corrected chi connectivity index (χ3v) is 4.23. The number of aromatic nitrogens is 2. The van der Waals surface area contributed by atoms with Crippen molar-refractivity contribution in [3.8, 4) is 23.8 Å². The van der Waals surface area contributed by atoms with Crippen LogP contribution < -0.4 is 9.61 Å². The zero-order chi connectivity index (χ0) is 16.4. The minimum atomic E-state index is -0.659. The highest BCUT2D eigenvalue weighted by Gasteiger charge is 2.17. The molecule has 0 radical (unpaired) electrons. The molecule has 2 rings (SSSR count). The summed E-state index contributed by atoms with van der Waals surface area (Å²) >= 11 is 6.92. The van der Waals surface area contributed by atoms with Gasteiger partial charge in [-0.05, 0) is 13.0 Å². The van der Waals surface area contributed by atoms with Crippen molar-refractivity contribution < 1.29 is 9.13 Å². The molecule has 0 saturated heterocycles. The second kappa shape index (κ2) is 6.51. The quantitative estimate of drug-likeness (QED) is 0.799. The van der Waals surface area contributed by atoms with Gasteiger partial charge in [-0.2, -0.15) is 9.78 Å². The van der Waals surface area contributed by atoms with Crippen LogP contribution in [-0.4, -0.2) is 15.9 Å². The average molecular weight is 341 g/mol. The van der Waals surface area contributed by atoms with Crippen molar-refractivity contribution in [1.82, 2.24) is 9.78 Å². The van der Waals surface area contributed by atoms with E-state index in [-0.39, 0.29) is 27.3 Å². The van der Waals surface area contributed by atoms with Gasteiger partial charge in [-0.3, -0.25) is 4.79 Å². The SMILES string of the molecule is C#CC(C)Oc1cc(-n2nc(C(C)C)sc2=O)c(F)cc1Cl. The summed E-state index contributed by atoms with van der Waals surface area (Å²) in [5, 5.41) is 4.86. The molecule has 0 aliphatic rings. The van der Waals surface area contributed by atoms with Gasteiger partial charge in [-0.25, -0.2) is 4.39 Å². The van der Waals surface area contributed by atoms with E-state index in [0.29, 0.717) is 5.01 Å². The first-order valence-corrected chi connectivity index (χ1v) is 7.75. The van der Waals surface area contributed by atoms with Gasteiger partial charge in [0.2, 0.25) is 0 Å². The van der Waals surface area contributed by atoms with Crippen LogP contribution in [0, 0.1) is 18.2 Å². The third kappa shape index (κ3) is 3.32. The van der Waals surface area contributed by atoms with E-state index in [1.54, 1.807) is 6.92 Å². The molecule has 1 heterocycles. The predicted molar refractivity (Wildman–Crippen MR) is 85.7 cm³/mol. The molecule has 1 aromatic carbocycles. The molecule has 0 saturated carbocycles. The Bertz CT molecular complexity index is 792. The van der Waals surface area contributed by atoms with E-state index >= 15 is 0 Å². The van der Waals surface area contributed by atoms with E-state index < -0.39 is 11.9 Å². The van der Waals surface area contributed by atoms with Crippen LogP contribution in [0.25, 0.3) is 5.69 Å². The molecule has 1 unspecified atom stereocenters. The molecule has 0 amide bonds. The first-order chi connectivity index (χ1) is 10.3. The van der Waals surface area contributed by atoms with Crippen molar-refractivity contribution in [3.63, 3.8) is 0 Å². The molecule has 116 valence electrons. The molecule has 0 spiro atoms. The highest BCUT2D eigenvalue weighted by molar-refractivity contribution is 7.09. The molecule has 0 aliphatic carbocycles. The molecule has 22 heavy (non-hydrogen) atoms. The number of hydrogen-bond donors (Lipinski definition) is 0. The molecular formula is C15H14ClFN2O2S. The van der Waals surface area contributed by atoms with Gasteiger partial charge in [0, 0.05) is 12.0 Å². The lowest BCUT2D eigenvalue weighted by molar-refractivity contribution is 0.278. The lowest BCUT2D eigenvalue weighted by atomic mass is 10.2. The molecule has 0 bridgehead atoms. The molecule has 7 heteroatoms. The Morgan fingerprint density at radius 1 is 1.45 bits per heavy atom. The van der Waals surface area contributed by atoms with Gasteiger partial charge in [0.05, 0.1) is 5.02 Å². The van der Waals surface area contributed by atoms with Crippen molar-refractivity contribution in [2.24, 2.45) is 0 Å². The molecule has 4 nitrogen and oxygen atoms in total. The molecule has 0 fully saturated rings. The molecule has 1 aromatic heterocycles. The van der Waals surface area contributed by atoms with Crippen LogP contribution in [0.3, 0.4) is 0 Å². The zero-order valence-electron chi connectivity index (χ0n) is 12.3. The van der Waals surface area contributed by atoms with Crippen LogP contribution in [0.4, 0.5) is 4.39 Å². The largest absolute Gasteiger partial charge is 0.476 e. The van der Waals surface area contributed by atoms with Gasteiger partial charge in [0.15, 0.2) is 11.9 Å². The van der Waals surface area contributed by atoms with E-state index in [9.17, 15) is 9.18 Å². The fraction of sp³-hybridized carbons (Fsp3) is 0.333. The minimum absolute atomic E-state index is 0.0169. The highest BCUT2D eigenvalue weighted by Crippen LogP contribution is 2.30. The predicted octanol–water partition coefficient (Wildman–Crippen LogP) is 3.61. The Labute approximate surface area is 136 Å². The summed E-state index contributed by atoms with van der Waals surface area (Å²) in [6.45, 7) is 5.47. The summed E-state index contributed by atoms with van der Waals surface area (Å²) in [4.78, 5) is 11.6. The first kappa shape index (κ1) is 16.5. The van der Waals surface area contributed by atoms with Gasteiger partial charge in [0.1, 0.15) is 16.4 Å². The van der Waals surface area contributed by atoms with Crippen LogP contribution in [0.1, 0.15) is 31.7 Å². The normalized spacial score (nSPS) is 12.2. The summed E-state index contributed by atoms with van der Waals surface area (Å²) in [6.07, 6.45) is 4.72. The standard InChI is InChI=1S/C15H14ClFN2O2S/c1-5-9(4)21-13-7-12(11(17)6-10(13)16)19-15(20)22-14(18-19)8(2)3/h1,6-9H,2-4H3. The van der Waals surface area contributed by atoms with Crippen molar-refractivity contribution in [2.45, 2.75) is 32.8 Å². The number of hydrogen-bond acceptors (Lipinski definition) is 4. The van der Waals surface area contributed by atoms with Crippen molar-refractivity contribution in [3.05, 3.63) is 37.6 Å². The Hall–Kier alpha value is -1.84. The lowest BCUT2D eigenvalue weighted by Crippen LogP contribution is -2.15. The average Bonchev–Trinajstić information content (AvgIpc) is 2.83. The van der Waals surface area contributed by atoms with Crippen molar-refractivity contribution >= 4 is 22.9 Å². The van der Waals surface area contributed by atoms with E-state index in [0.717, 1.165) is 22.1 Å². The second-order valence-electron chi connectivity index (χ2n) is 4.93. The summed E-state index contributed by atoms with van der Waals surface area (Å²) in [6, 6.07) is 2.41. The van der Waals surface area contributed by atoms with Crippen LogP contribution in [0.15, 0.2) is 16.9 Å². The topological polar surface area (TPSA) is 44.1 Å². The van der Waals surface area contributed by atoms with Gasteiger partial charge >= 0.3 is 4.87 Å². The van der Waals surface area contributed by atoms with E-state index in [1.807, 2.05) is 13.8 Å². The summed E-state index contributed by atoms with van der Waals surface area (Å²) < 4.78 is 20.6. The molecule has 1 atom stereocenters. The number of terminal acetylenes is 1. The number of benzene rings is 1. The third-order valence-electron chi connectivity index (χ3n) is 2.83. The van der Waals surface area contributed by atoms with Gasteiger partial charge in [0.25, 0.3) is 0 Å². The fourth-order valence-corrected chi connectivity index (χ4v) is 2.63. The maximum Gasteiger partial charge on any atom is 0.329 e. The van der Waals surface area contributed by atoms with Crippen LogP contribution in [0.2, 0.25) is 5.02 Å². The number of rotatable bonds is 4. The summed E-state index contributed by atoms with van der Waals surface area (Å²) in [5.74, 6) is 2.01. The molecule has 2 aromatic rings. The van der Waals surface area contributed by atoms with Crippen LogP contribution in [0.5, 0.6) is 5.75 Å². The van der Waals surface area contributed by atoms with Crippen LogP contribution in [-0.2, 0) is 0 Å². The smallest absolute Gasteiger partial charge is 0.329 e. The Morgan fingerprint density at radius 2 is 2.14 bits per heavy atom. The monoisotopic (exact) mass is 340 g/mol. The number of ether oxygens (including phenoxy) is 1. The van der Waals surface area contributed by atoms with Crippen LogP contribution >= 0.6 is 22.9 Å². The van der Waals surface area contributed by atoms with E-state index in [1.165, 1.54) is 6.07 Å².